The van der Waals surface area contributed by atoms with Crippen LogP contribution < -0.4 is 0 Å². The smallest absolute Gasteiger partial charge is 0.319 e. The van der Waals surface area contributed by atoms with Gasteiger partial charge in [-0.15, -0.1) is 45.9 Å². The van der Waals surface area contributed by atoms with E-state index in [2.05, 4.69) is 181 Å². The van der Waals surface area contributed by atoms with E-state index in [1.54, 1.807) is 0 Å². The first kappa shape index (κ1) is 37.1. The van der Waals surface area contributed by atoms with Crippen LogP contribution in [0.1, 0.15) is 63.8 Å². The Morgan fingerprint density at radius 3 is 2.16 bits per heavy atom. The molecule has 5 aromatic carbocycles. The molecule has 4 heterocycles. The van der Waals surface area contributed by atoms with Crippen LogP contribution in [0.5, 0.6) is 0 Å². The summed E-state index contributed by atoms with van der Waals surface area (Å²) < 4.78 is 3.39. The summed E-state index contributed by atoms with van der Waals surface area (Å²) >= 11 is 1.82. The van der Waals surface area contributed by atoms with E-state index in [0.717, 1.165) is 65.9 Å². The van der Waals surface area contributed by atoms with Crippen molar-refractivity contribution in [3.05, 3.63) is 150 Å². The first-order valence-electron chi connectivity index (χ1n) is 18.7. The predicted molar refractivity (Wildman–Crippen MR) is 230 cm³/mol. The number of hydrogen-bond acceptors (Lipinski definition) is 3. The summed E-state index contributed by atoms with van der Waals surface area (Å²) in [6, 6.07) is 48.8. The van der Waals surface area contributed by atoms with Crippen molar-refractivity contribution >= 4 is 54.0 Å². The van der Waals surface area contributed by atoms with Gasteiger partial charge in [0, 0.05) is 20.8 Å². The number of fused-ring (bicyclic) bond motifs is 5. The van der Waals surface area contributed by atoms with Crippen LogP contribution in [0.2, 0.25) is 0 Å². The van der Waals surface area contributed by atoms with Gasteiger partial charge in [0.2, 0.25) is 0 Å². The first-order valence-corrected chi connectivity index (χ1v) is 19.6. The van der Waals surface area contributed by atoms with Crippen molar-refractivity contribution in [1.29, 1.82) is 0 Å². The molecule has 0 saturated carbocycles. The minimum absolute atomic E-state index is 0. The van der Waals surface area contributed by atoms with Crippen LogP contribution >= 0.6 is 11.3 Å². The number of para-hydroxylation sites is 2. The van der Waals surface area contributed by atoms with Gasteiger partial charge in [0.25, 0.3) is 0 Å². The number of nitrogens with zero attached hydrogens (tertiary/aromatic N) is 3. The molecular formula is C50H43N3PtS. The van der Waals surface area contributed by atoms with Crippen LogP contribution in [0.4, 0.5) is 0 Å². The van der Waals surface area contributed by atoms with Gasteiger partial charge in [-0.3, -0.25) is 4.98 Å². The van der Waals surface area contributed by atoms with E-state index in [1.807, 2.05) is 17.4 Å². The van der Waals surface area contributed by atoms with Crippen LogP contribution in [0.3, 0.4) is 0 Å². The van der Waals surface area contributed by atoms with Crippen molar-refractivity contribution in [2.45, 2.75) is 66.2 Å². The third-order valence-corrected chi connectivity index (χ3v) is 11.8. The Labute approximate surface area is 342 Å². The maximum absolute atomic E-state index is 5.54. The van der Waals surface area contributed by atoms with E-state index in [1.165, 1.54) is 37.9 Å². The maximum Gasteiger partial charge on any atom is 2.00 e. The van der Waals surface area contributed by atoms with Gasteiger partial charge in [-0.05, 0) is 88.0 Å². The summed E-state index contributed by atoms with van der Waals surface area (Å²) in [6.45, 7) is 18.1. The molecule has 0 fully saturated rings. The standard InChI is InChI=1S/C50H43N3S.Pt/c1-30-23-41(51-46(24-30)53-43-19-13-11-17-38(43)39-18-12-14-20-44(39)53)42-28-34-29-45(36-22-21-35(25-31(36)2)49(3,4)5)54-48(34)47(52-42)33-26-32-15-9-10-16-37(32)40(27-33)50(6,7)8;/h9-19,21-25,27-29H,1-8H3;/q-2;+2. The number of hydrogen-bond donors (Lipinski definition) is 0. The zero-order valence-electron chi connectivity index (χ0n) is 32.5. The van der Waals surface area contributed by atoms with Gasteiger partial charge in [-0.25, -0.2) is 4.98 Å². The molecule has 55 heavy (non-hydrogen) atoms. The molecule has 4 aromatic heterocycles. The van der Waals surface area contributed by atoms with Gasteiger partial charge in [0.05, 0.1) is 11.4 Å². The minimum Gasteiger partial charge on any atom is -0.319 e. The van der Waals surface area contributed by atoms with E-state index in [-0.39, 0.29) is 31.9 Å². The molecule has 3 nitrogen and oxygen atoms in total. The molecule has 0 bridgehead atoms. The molecule has 0 aliphatic carbocycles. The average Bonchev–Trinajstić information content (AvgIpc) is 3.72. The molecule has 0 N–H and O–H groups in total. The number of aromatic nitrogens is 3. The number of pyridine rings is 2. The molecule has 0 aliphatic rings. The molecule has 0 amide bonds. The van der Waals surface area contributed by atoms with Crippen LogP contribution in [0.15, 0.2) is 115 Å². The number of aryl methyl sites for hydroxylation is 2. The van der Waals surface area contributed by atoms with Gasteiger partial charge in [-0.2, -0.15) is 24.3 Å². The minimum atomic E-state index is -0.0704. The third kappa shape index (κ3) is 6.54. The fraction of sp³-hybridized carbons (Fsp3) is 0.200. The van der Waals surface area contributed by atoms with Crippen molar-refractivity contribution < 1.29 is 21.1 Å². The van der Waals surface area contributed by atoms with Crippen LogP contribution in [-0.2, 0) is 31.9 Å². The average molecular weight is 913 g/mol. The van der Waals surface area contributed by atoms with E-state index >= 15 is 0 Å². The van der Waals surface area contributed by atoms with E-state index in [4.69, 9.17) is 9.97 Å². The van der Waals surface area contributed by atoms with E-state index in [9.17, 15) is 0 Å². The number of thiophene rings is 1. The third-order valence-electron chi connectivity index (χ3n) is 10.6. The topological polar surface area (TPSA) is 30.7 Å². The zero-order valence-corrected chi connectivity index (χ0v) is 35.6. The van der Waals surface area contributed by atoms with Gasteiger partial charge < -0.3 is 4.57 Å². The fourth-order valence-electron chi connectivity index (χ4n) is 7.86. The van der Waals surface area contributed by atoms with Gasteiger partial charge >= 0.3 is 21.1 Å². The quantitative estimate of drug-likeness (QED) is 0.165. The molecular weight excluding hydrogens is 870 g/mol. The molecule has 274 valence electrons. The van der Waals surface area contributed by atoms with Gasteiger partial charge in [0.1, 0.15) is 5.82 Å². The van der Waals surface area contributed by atoms with Crippen molar-refractivity contribution in [2.75, 3.05) is 0 Å². The Morgan fingerprint density at radius 2 is 1.40 bits per heavy atom. The van der Waals surface area contributed by atoms with E-state index in [0.29, 0.717) is 0 Å². The SMILES string of the molecule is Cc1cc(-c2cc3cc(-c4ccc(C(C)(C)C)cc4C)sc3c(-c3[c-]c4ccccc4c(C(C)(C)C)c3)n2)nc(-n2c3[c-]cccc3c3ccccc32)c1.[Pt+2]. The summed E-state index contributed by atoms with van der Waals surface area (Å²) in [6.07, 6.45) is 0. The second kappa shape index (κ2) is 13.7. The predicted octanol–water partition coefficient (Wildman–Crippen LogP) is 13.8. The van der Waals surface area contributed by atoms with Crippen molar-refractivity contribution in [1.82, 2.24) is 14.5 Å². The number of rotatable bonds is 4. The molecule has 9 aromatic rings. The van der Waals surface area contributed by atoms with Crippen LogP contribution in [0, 0.1) is 26.0 Å². The summed E-state index contributed by atoms with van der Waals surface area (Å²) in [4.78, 5) is 12.2. The molecule has 0 atom stereocenters. The molecule has 0 spiro atoms. The Kier molecular flexibility index (Phi) is 9.22. The van der Waals surface area contributed by atoms with Crippen LogP contribution in [-0.4, -0.2) is 14.5 Å². The van der Waals surface area contributed by atoms with Crippen molar-refractivity contribution in [3.8, 4) is 38.9 Å². The molecule has 0 saturated heterocycles. The molecule has 0 unspecified atom stereocenters. The summed E-state index contributed by atoms with van der Waals surface area (Å²) in [5.41, 5.74) is 12.1. The van der Waals surface area contributed by atoms with Crippen LogP contribution in [0.25, 0.3) is 81.6 Å². The molecule has 9 rings (SSSR count). The zero-order chi connectivity index (χ0) is 37.5. The second-order valence-corrected chi connectivity index (χ2v) is 17.8. The Morgan fingerprint density at radius 1 is 0.673 bits per heavy atom. The Balaban J connectivity index is 0.00000427. The monoisotopic (exact) mass is 912 g/mol. The summed E-state index contributed by atoms with van der Waals surface area (Å²) in [5.74, 6) is 0.856. The van der Waals surface area contributed by atoms with E-state index < -0.39 is 0 Å². The summed E-state index contributed by atoms with van der Waals surface area (Å²) in [7, 11) is 0. The molecule has 0 aliphatic heterocycles. The van der Waals surface area contributed by atoms with Gasteiger partial charge in [0.15, 0.2) is 0 Å². The first-order chi connectivity index (χ1) is 25.8. The fourth-order valence-corrected chi connectivity index (χ4v) is 9.09. The summed E-state index contributed by atoms with van der Waals surface area (Å²) in [5, 5.41) is 5.84. The van der Waals surface area contributed by atoms with Gasteiger partial charge in [-0.1, -0.05) is 113 Å². The largest absolute Gasteiger partial charge is 2.00 e. The molecule has 5 heteroatoms. The second-order valence-electron chi connectivity index (χ2n) is 16.7. The number of benzene rings is 5. The Hall–Kier alpha value is -4.89. The van der Waals surface area contributed by atoms with Crippen molar-refractivity contribution in [3.63, 3.8) is 0 Å². The van der Waals surface area contributed by atoms with Crippen molar-refractivity contribution in [2.24, 2.45) is 0 Å². The molecule has 0 radical (unpaired) electrons. The normalized spacial score (nSPS) is 12.2. The maximum atomic E-state index is 5.54. The Bertz CT molecular complexity index is 2880.